The molecule has 0 unspecified atom stereocenters. The van der Waals surface area contributed by atoms with Crippen LogP contribution in [-0.2, 0) is 0 Å². The van der Waals surface area contributed by atoms with Crippen LogP contribution >= 0.6 is 11.6 Å². The van der Waals surface area contributed by atoms with Crippen LogP contribution in [0.15, 0.2) is 47.4 Å². The fourth-order valence-corrected chi connectivity index (χ4v) is 2.48. The molecule has 2 aromatic heterocycles. The summed E-state index contributed by atoms with van der Waals surface area (Å²) < 4.78 is 7.27. The SMILES string of the molecule is CC1(C)C=C(n2c(Cl)cccc2=O)c2cccnc2O1. The number of hydrogen-bond acceptors (Lipinski definition) is 3. The quantitative estimate of drug-likeness (QED) is 0.758. The highest BCUT2D eigenvalue weighted by Gasteiger charge is 2.29. The molecule has 0 amide bonds. The Bertz CT molecular complexity index is 762. The Morgan fingerprint density at radius 3 is 2.80 bits per heavy atom. The molecule has 1 aliphatic heterocycles. The van der Waals surface area contributed by atoms with Crippen LogP contribution in [0.5, 0.6) is 5.88 Å². The van der Waals surface area contributed by atoms with E-state index in [2.05, 4.69) is 4.98 Å². The largest absolute Gasteiger partial charge is 0.467 e. The lowest BCUT2D eigenvalue weighted by Gasteiger charge is -2.30. The molecule has 2 aromatic rings. The van der Waals surface area contributed by atoms with E-state index in [-0.39, 0.29) is 5.56 Å². The van der Waals surface area contributed by atoms with Gasteiger partial charge in [0, 0.05) is 12.3 Å². The molecule has 4 nitrogen and oxygen atoms in total. The number of ether oxygens (including phenoxy) is 1. The highest BCUT2D eigenvalue weighted by atomic mass is 35.5. The van der Waals surface area contributed by atoms with Crippen molar-refractivity contribution in [2.75, 3.05) is 0 Å². The minimum atomic E-state index is -0.560. The fraction of sp³-hybridized carbons (Fsp3) is 0.200. The van der Waals surface area contributed by atoms with Gasteiger partial charge < -0.3 is 4.74 Å². The molecule has 0 N–H and O–H groups in total. The van der Waals surface area contributed by atoms with E-state index in [9.17, 15) is 4.79 Å². The van der Waals surface area contributed by atoms with Crippen molar-refractivity contribution in [1.29, 1.82) is 0 Å². The third kappa shape index (κ3) is 2.12. The molecule has 0 aromatic carbocycles. The predicted octanol–water partition coefficient (Wildman–Crippen LogP) is 2.96. The van der Waals surface area contributed by atoms with Crippen LogP contribution in [-0.4, -0.2) is 15.2 Å². The topological polar surface area (TPSA) is 44.1 Å². The minimum absolute atomic E-state index is 0.184. The van der Waals surface area contributed by atoms with Crippen molar-refractivity contribution in [3.63, 3.8) is 0 Å². The van der Waals surface area contributed by atoms with Gasteiger partial charge in [-0.15, -0.1) is 0 Å². The van der Waals surface area contributed by atoms with Crippen molar-refractivity contribution in [2.45, 2.75) is 19.4 Å². The normalized spacial score (nSPS) is 16.1. The summed E-state index contributed by atoms with van der Waals surface area (Å²) in [6.45, 7) is 3.82. The first-order valence-electron chi connectivity index (χ1n) is 6.23. The van der Waals surface area contributed by atoms with E-state index in [0.29, 0.717) is 16.7 Å². The average Bonchev–Trinajstić information content (AvgIpc) is 2.37. The molecule has 3 heterocycles. The van der Waals surface area contributed by atoms with Crippen molar-refractivity contribution in [3.05, 3.63) is 63.7 Å². The number of rotatable bonds is 1. The summed E-state index contributed by atoms with van der Waals surface area (Å²) in [5.74, 6) is 0.502. The highest BCUT2D eigenvalue weighted by molar-refractivity contribution is 6.30. The number of pyridine rings is 2. The molecule has 0 fully saturated rings. The zero-order chi connectivity index (χ0) is 14.3. The average molecular weight is 289 g/mol. The van der Waals surface area contributed by atoms with E-state index in [1.165, 1.54) is 10.6 Å². The molecule has 0 radical (unpaired) electrons. The number of fused-ring (bicyclic) bond motifs is 1. The third-order valence-corrected chi connectivity index (χ3v) is 3.33. The van der Waals surface area contributed by atoms with Gasteiger partial charge in [-0.05, 0) is 38.1 Å². The van der Waals surface area contributed by atoms with Gasteiger partial charge in [0.25, 0.3) is 5.56 Å². The maximum atomic E-state index is 12.1. The number of halogens is 1. The molecule has 1 aliphatic rings. The molecule has 0 atom stereocenters. The second-order valence-corrected chi connectivity index (χ2v) is 5.50. The van der Waals surface area contributed by atoms with Gasteiger partial charge in [0.15, 0.2) is 0 Å². The Labute approximate surface area is 121 Å². The second-order valence-electron chi connectivity index (χ2n) is 5.11. The summed E-state index contributed by atoms with van der Waals surface area (Å²) in [7, 11) is 0. The first-order chi connectivity index (χ1) is 9.48. The van der Waals surface area contributed by atoms with Gasteiger partial charge in [-0.25, -0.2) is 4.98 Å². The van der Waals surface area contributed by atoms with Gasteiger partial charge in [-0.2, -0.15) is 0 Å². The molecule has 0 saturated carbocycles. The first kappa shape index (κ1) is 12.9. The van der Waals surface area contributed by atoms with E-state index >= 15 is 0 Å². The molecule has 102 valence electrons. The predicted molar refractivity (Wildman–Crippen MR) is 78.0 cm³/mol. The Morgan fingerprint density at radius 2 is 2.05 bits per heavy atom. The Balaban J connectivity index is 2.31. The Hall–Kier alpha value is -2.07. The summed E-state index contributed by atoms with van der Waals surface area (Å²) in [5, 5.41) is 0.358. The van der Waals surface area contributed by atoms with Crippen LogP contribution in [0.3, 0.4) is 0 Å². The Morgan fingerprint density at radius 1 is 1.25 bits per heavy atom. The highest BCUT2D eigenvalue weighted by Crippen LogP contribution is 2.35. The van der Waals surface area contributed by atoms with E-state index in [1.807, 2.05) is 26.0 Å². The van der Waals surface area contributed by atoms with Gasteiger partial charge in [-0.3, -0.25) is 9.36 Å². The lowest BCUT2D eigenvalue weighted by Crippen LogP contribution is -2.32. The van der Waals surface area contributed by atoms with E-state index in [0.717, 1.165) is 5.56 Å². The molecule has 0 saturated heterocycles. The van der Waals surface area contributed by atoms with Crippen molar-refractivity contribution in [2.24, 2.45) is 0 Å². The maximum absolute atomic E-state index is 12.1. The van der Waals surface area contributed by atoms with Gasteiger partial charge in [0.05, 0.1) is 11.3 Å². The minimum Gasteiger partial charge on any atom is -0.467 e. The molecule has 0 bridgehead atoms. The lowest BCUT2D eigenvalue weighted by atomic mass is 10.0. The molecule has 0 spiro atoms. The monoisotopic (exact) mass is 288 g/mol. The molecular formula is C15H13ClN2O2. The third-order valence-electron chi connectivity index (χ3n) is 3.04. The van der Waals surface area contributed by atoms with Crippen LogP contribution in [0.2, 0.25) is 5.15 Å². The maximum Gasteiger partial charge on any atom is 0.256 e. The summed E-state index contributed by atoms with van der Waals surface area (Å²) >= 11 is 6.18. The van der Waals surface area contributed by atoms with E-state index in [4.69, 9.17) is 16.3 Å². The van der Waals surface area contributed by atoms with Crippen molar-refractivity contribution < 1.29 is 4.74 Å². The standard InChI is InChI=1S/C15H13ClN2O2/c1-15(2)9-11(10-5-4-8-17-14(10)20-15)18-12(16)6-3-7-13(18)19/h3-9H,1-2H3. The number of nitrogens with zero attached hydrogens (tertiary/aromatic N) is 2. The summed E-state index contributed by atoms with van der Waals surface area (Å²) in [6.07, 6.45) is 3.54. The smallest absolute Gasteiger partial charge is 0.256 e. The van der Waals surface area contributed by atoms with Gasteiger partial charge in [0.2, 0.25) is 5.88 Å². The second kappa shape index (κ2) is 4.49. The van der Waals surface area contributed by atoms with Gasteiger partial charge >= 0.3 is 0 Å². The number of aromatic nitrogens is 2. The van der Waals surface area contributed by atoms with E-state index < -0.39 is 5.60 Å². The van der Waals surface area contributed by atoms with Crippen molar-refractivity contribution in [1.82, 2.24) is 9.55 Å². The zero-order valence-corrected chi connectivity index (χ0v) is 11.9. The lowest BCUT2D eigenvalue weighted by molar-refractivity contribution is 0.149. The molecular weight excluding hydrogens is 276 g/mol. The Kier molecular flexibility index (Phi) is 2.91. The first-order valence-corrected chi connectivity index (χ1v) is 6.61. The van der Waals surface area contributed by atoms with Crippen molar-refractivity contribution in [3.8, 4) is 5.88 Å². The zero-order valence-electron chi connectivity index (χ0n) is 11.1. The van der Waals surface area contributed by atoms with E-state index in [1.54, 1.807) is 24.4 Å². The van der Waals surface area contributed by atoms with Crippen LogP contribution in [0.1, 0.15) is 19.4 Å². The van der Waals surface area contributed by atoms with Crippen LogP contribution in [0.4, 0.5) is 0 Å². The summed E-state index contributed by atoms with van der Waals surface area (Å²) in [6, 6.07) is 8.46. The summed E-state index contributed by atoms with van der Waals surface area (Å²) in [4.78, 5) is 16.4. The molecule has 5 heteroatoms. The van der Waals surface area contributed by atoms with Gasteiger partial charge in [0.1, 0.15) is 10.8 Å². The van der Waals surface area contributed by atoms with Crippen molar-refractivity contribution >= 4 is 17.3 Å². The molecule has 0 aliphatic carbocycles. The summed E-state index contributed by atoms with van der Waals surface area (Å²) in [5.41, 5.74) is 0.702. The van der Waals surface area contributed by atoms with Crippen LogP contribution < -0.4 is 10.3 Å². The number of hydrogen-bond donors (Lipinski definition) is 0. The van der Waals surface area contributed by atoms with Crippen LogP contribution in [0, 0.1) is 0 Å². The van der Waals surface area contributed by atoms with Gasteiger partial charge in [-0.1, -0.05) is 17.7 Å². The fourth-order valence-electron chi connectivity index (χ4n) is 2.24. The molecule has 3 rings (SSSR count). The van der Waals surface area contributed by atoms with Crippen LogP contribution in [0.25, 0.3) is 5.70 Å². The molecule has 20 heavy (non-hydrogen) atoms.